The molecule has 1 atom stereocenters. The third-order valence-corrected chi connectivity index (χ3v) is 5.30. The van der Waals surface area contributed by atoms with Crippen molar-refractivity contribution >= 4 is 0 Å². The van der Waals surface area contributed by atoms with Gasteiger partial charge in [-0.25, -0.2) is 4.39 Å². The summed E-state index contributed by atoms with van der Waals surface area (Å²) in [6, 6.07) is 6.45. The smallest absolute Gasteiger partial charge is 0.250 e. The van der Waals surface area contributed by atoms with Crippen molar-refractivity contribution < 1.29 is 8.81 Å². The number of aromatic nitrogens is 5. The fraction of sp³-hybridized carbons (Fsp3) is 0.500. The molecule has 148 valence electrons. The summed E-state index contributed by atoms with van der Waals surface area (Å²) in [4.78, 5) is 2.30. The lowest BCUT2D eigenvalue weighted by molar-refractivity contribution is 0.114. The minimum absolute atomic E-state index is 0.000901. The first-order valence-electron chi connectivity index (χ1n) is 9.75. The molecule has 0 amide bonds. The highest BCUT2D eigenvalue weighted by Crippen LogP contribution is 2.33. The first-order chi connectivity index (χ1) is 13.5. The summed E-state index contributed by atoms with van der Waals surface area (Å²) >= 11 is 0. The molecule has 2 aromatic heterocycles. The quantitative estimate of drug-likeness (QED) is 0.665. The van der Waals surface area contributed by atoms with Crippen molar-refractivity contribution in [3.05, 3.63) is 47.6 Å². The molecule has 1 aliphatic heterocycles. The van der Waals surface area contributed by atoms with E-state index in [1.807, 2.05) is 7.05 Å². The van der Waals surface area contributed by atoms with E-state index in [1.54, 1.807) is 18.2 Å². The molecule has 0 bridgehead atoms. The summed E-state index contributed by atoms with van der Waals surface area (Å²) in [6.45, 7) is 5.81. The van der Waals surface area contributed by atoms with Crippen LogP contribution in [-0.2, 0) is 13.6 Å². The molecule has 3 aromatic rings. The van der Waals surface area contributed by atoms with Gasteiger partial charge < -0.3 is 8.98 Å². The molecule has 8 heteroatoms. The Morgan fingerprint density at radius 1 is 1.14 bits per heavy atom. The summed E-state index contributed by atoms with van der Waals surface area (Å²) in [5.41, 5.74) is 0.332. The number of rotatable bonds is 5. The second kappa shape index (κ2) is 7.79. The van der Waals surface area contributed by atoms with Crippen LogP contribution in [0.25, 0.3) is 11.5 Å². The third-order valence-electron chi connectivity index (χ3n) is 5.30. The molecule has 0 radical (unpaired) electrons. The Balaban J connectivity index is 1.57. The van der Waals surface area contributed by atoms with Crippen LogP contribution in [0.4, 0.5) is 4.39 Å². The van der Waals surface area contributed by atoms with Gasteiger partial charge in [0.2, 0.25) is 5.89 Å². The second-order valence-corrected chi connectivity index (χ2v) is 7.60. The number of nitrogens with zero attached hydrogens (tertiary/aromatic N) is 6. The van der Waals surface area contributed by atoms with Crippen LogP contribution < -0.4 is 0 Å². The van der Waals surface area contributed by atoms with Gasteiger partial charge in [0.15, 0.2) is 0 Å². The van der Waals surface area contributed by atoms with Crippen LogP contribution in [-0.4, -0.2) is 36.4 Å². The number of benzene rings is 1. The lowest BCUT2D eigenvalue weighted by Crippen LogP contribution is -2.34. The Kier molecular flexibility index (Phi) is 5.21. The van der Waals surface area contributed by atoms with Crippen molar-refractivity contribution in [1.29, 1.82) is 0 Å². The highest BCUT2D eigenvalue weighted by Gasteiger charge is 2.30. The summed E-state index contributed by atoms with van der Waals surface area (Å²) in [5, 5.41) is 17.0. The van der Waals surface area contributed by atoms with Gasteiger partial charge in [-0.2, -0.15) is 0 Å². The van der Waals surface area contributed by atoms with E-state index in [4.69, 9.17) is 4.42 Å². The number of piperidine rings is 1. The lowest BCUT2D eigenvalue weighted by Gasteiger charge is -2.32. The van der Waals surface area contributed by atoms with E-state index < -0.39 is 0 Å². The Morgan fingerprint density at radius 3 is 2.71 bits per heavy atom. The predicted octanol–water partition coefficient (Wildman–Crippen LogP) is 3.85. The van der Waals surface area contributed by atoms with Gasteiger partial charge in [-0.3, -0.25) is 4.90 Å². The van der Waals surface area contributed by atoms with Gasteiger partial charge in [0.25, 0.3) is 5.89 Å². The summed E-state index contributed by atoms with van der Waals surface area (Å²) in [7, 11) is 2.01. The maximum Gasteiger partial charge on any atom is 0.250 e. The minimum Gasteiger partial charge on any atom is -0.419 e. The maximum atomic E-state index is 14.0. The molecule has 4 rings (SSSR count). The molecule has 0 spiro atoms. The van der Waals surface area contributed by atoms with Crippen LogP contribution >= 0.6 is 0 Å². The van der Waals surface area contributed by atoms with E-state index in [-0.39, 0.29) is 17.7 Å². The Labute approximate surface area is 163 Å². The minimum atomic E-state index is -0.363. The molecule has 7 nitrogen and oxygen atoms in total. The topological polar surface area (TPSA) is 72.9 Å². The van der Waals surface area contributed by atoms with E-state index in [0.717, 1.165) is 37.5 Å². The van der Waals surface area contributed by atoms with Gasteiger partial charge in [0, 0.05) is 13.0 Å². The Hall–Kier alpha value is -2.61. The van der Waals surface area contributed by atoms with Gasteiger partial charge in [0.1, 0.15) is 17.5 Å². The fourth-order valence-electron chi connectivity index (χ4n) is 3.77. The highest BCUT2D eigenvalue weighted by atomic mass is 19.1. The molecule has 1 fully saturated rings. The van der Waals surface area contributed by atoms with Gasteiger partial charge in [0.05, 0.1) is 18.2 Å². The van der Waals surface area contributed by atoms with E-state index in [9.17, 15) is 4.39 Å². The Morgan fingerprint density at radius 2 is 1.96 bits per heavy atom. The predicted molar refractivity (Wildman–Crippen MR) is 102 cm³/mol. The largest absolute Gasteiger partial charge is 0.419 e. The average Bonchev–Trinajstić information content (AvgIpc) is 3.30. The summed E-state index contributed by atoms with van der Waals surface area (Å²) in [5.74, 6) is 2.61. The van der Waals surface area contributed by atoms with Crippen LogP contribution in [0.3, 0.4) is 0 Å². The molecule has 1 aromatic carbocycles. The summed E-state index contributed by atoms with van der Waals surface area (Å²) < 4.78 is 22.0. The molecule has 3 heterocycles. The maximum absolute atomic E-state index is 14.0. The number of hydrogen-bond donors (Lipinski definition) is 0. The zero-order valence-electron chi connectivity index (χ0n) is 16.5. The fourth-order valence-corrected chi connectivity index (χ4v) is 3.77. The van der Waals surface area contributed by atoms with Crippen LogP contribution in [0, 0.1) is 5.82 Å². The van der Waals surface area contributed by atoms with Crippen molar-refractivity contribution in [1.82, 2.24) is 29.9 Å². The molecule has 1 unspecified atom stereocenters. The molecule has 0 N–H and O–H groups in total. The molecule has 28 heavy (non-hydrogen) atoms. The monoisotopic (exact) mass is 384 g/mol. The van der Waals surface area contributed by atoms with Gasteiger partial charge in [-0.1, -0.05) is 32.4 Å². The zero-order chi connectivity index (χ0) is 19.7. The van der Waals surface area contributed by atoms with Crippen molar-refractivity contribution in [2.24, 2.45) is 7.05 Å². The molecule has 1 aliphatic rings. The first-order valence-corrected chi connectivity index (χ1v) is 9.75. The van der Waals surface area contributed by atoms with E-state index >= 15 is 0 Å². The van der Waals surface area contributed by atoms with E-state index in [1.165, 1.54) is 6.07 Å². The van der Waals surface area contributed by atoms with E-state index in [0.29, 0.717) is 23.9 Å². The van der Waals surface area contributed by atoms with Crippen LogP contribution in [0.15, 0.2) is 28.7 Å². The van der Waals surface area contributed by atoms with Gasteiger partial charge in [-0.05, 0) is 31.5 Å². The molecule has 1 saturated heterocycles. The number of likely N-dealkylation sites (tertiary alicyclic amines) is 1. The second-order valence-electron chi connectivity index (χ2n) is 7.60. The molecular weight excluding hydrogens is 359 g/mol. The SMILES string of the molecule is CC(C)c1nnc(CN2CCCCC2c2nnc(-c3ccccc3F)o2)n1C. The number of halogens is 1. The van der Waals surface area contributed by atoms with Crippen molar-refractivity contribution in [3.8, 4) is 11.5 Å². The molecular formula is C20H25FN6O. The standard InChI is InChI=1S/C20H25FN6O/c1-13(2)18-23-22-17(26(18)3)12-27-11-7-6-10-16(27)20-25-24-19(28-20)14-8-4-5-9-15(14)21/h4-5,8-9,13,16H,6-7,10-12H2,1-3H3. The Bertz CT molecular complexity index is 950. The van der Waals surface area contributed by atoms with Gasteiger partial charge in [-0.15, -0.1) is 20.4 Å². The highest BCUT2D eigenvalue weighted by molar-refractivity contribution is 5.53. The summed E-state index contributed by atoms with van der Waals surface area (Å²) in [6.07, 6.45) is 3.13. The van der Waals surface area contributed by atoms with Crippen molar-refractivity contribution in [3.63, 3.8) is 0 Å². The van der Waals surface area contributed by atoms with Crippen LogP contribution in [0.5, 0.6) is 0 Å². The van der Waals surface area contributed by atoms with Crippen molar-refractivity contribution in [2.75, 3.05) is 6.54 Å². The van der Waals surface area contributed by atoms with Crippen LogP contribution in [0.1, 0.15) is 62.6 Å². The lowest BCUT2D eigenvalue weighted by atomic mass is 10.0. The third kappa shape index (κ3) is 3.56. The van der Waals surface area contributed by atoms with E-state index in [2.05, 4.69) is 43.7 Å². The average molecular weight is 384 g/mol. The normalized spacial score (nSPS) is 18.1. The number of hydrogen-bond acceptors (Lipinski definition) is 6. The van der Waals surface area contributed by atoms with Crippen molar-refractivity contribution in [2.45, 2.75) is 51.6 Å². The first kappa shape index (κ1) is 18.7. The molecule has 0 aliphatic carbocycles. The van der Waals surface area contributed by atoms with Crippen LogP contribution in [0.2, 0.25) is 0 Å². The molecule has 0 saturated carbocycles. The van der Waals surface area contributed by atoms with Gasteiger partial charge >= 0.3 is 0 Å². The zero-order valence-corrected chi connectivity index (χ0v) is 16.5.